The minimum Gasteiger partial charge on any atom is -0.550 e. The maximum Gasteiger partial charge on any atom is 0.277 e. The van der Waals surface area contributed by atoms with Crippen LogP contribution in [0.1, 0.15) is 111 Å². The molecule has 0 aromatic heterocycles. The SMILES string of the molecule is CC/C=C\C[C@H](O)/C=C/C=C\C=C\C=C\[C@@H](O)[C@@H](O)C/C=C\CCC.CC/C=C\C[C@H](O)/C=C/C=C\C=C\C=C\[C@@H](O)[C@@H](O)C/C=C\CCC(=O)[O-].C[C@H]([NH3+])C(=O)NCCCC[C@H]([NH3+])C(=O)[O-]. The summed E-state index contributed by atoms with van der Waals surface area (Å²) in [6.45, 7) is 8.48. The molecule has 8 atom stereocenters. The summed E-state index contributed by atoms with van der Waals surface area (Å²) in [4.78, 5) is 31.6. The third-order valence-electron chi connectivity index (χ3n) is 8.86. The topological polar surface area (TPSA) is 286 Å². The summed E-state index contributed by atoms with van der Waals surface area (Å²) in [6.07, 6.45) is 46.6. The molecule has 0 spiro atoms. The summed E-state index contributed by atoms with van der Waals surface area (Å²) < 4.78 is 0. The van der Waals surface area contributed by atoms with Crippen LogP contribution in [0.5, 0.6) is 0 Å². The second kappa shape index (κ2) is 48.9. The summed E-state index contributed by atoms with van der Waals surface area (Å²) in [5.41, 5.74) is 7.02. The molecule has 0 aliphatic heterocycles. The van der Waals surface area contributed by atoms with E-state index in [1.54, 1.807) is 92.0 Å². The summed E-state index contributed by atoms with van der Waals surface area (Å²) in [5.74, 6) is -2.31. The fraction of sp³-hybridized carbons (Fsp3) is 0.491. The van der Waals surface area contributed by atoms with Gasteiger partial charge >= 0.3 is 0 Å². The number of aliphatic hydroxyl groups excluding tert-OH is 6. The fourth-order valence-corrected chi connectivity index (χ4v) is 4.85. The lowest BCUT2D eigenvalue weighted by Gasteiger charge is -2.11. The highest BCUT2D eigenvalue weighted by molar-refractivity contribution is 5.79. The average Bonchev–Trinajstić information content (AvgIpc) is 3.29. The summed E-state index contributed by atoms with van der Waals surface area (Å²) >= 11 is 0. The van der Waals surface area contributed by atoms with Gasteiger partial charge in [-0.15, -0.1) is 0 Å². The summed E-state index contributed by atoms with van der Waals surface area (Å²) in [6, 6.07) is -0.915. The number of hydrogen-bond donors (Lipinski definition) is 9. The van der Waals surface area contributed by atoms with E-state index >= 15 is 0 Å². The lowest BCUT2D eigenvalue weighted by atomic mass is 10.1. The van der Waals surface area contributed by atoms with Crippen LogP contribution >= 0.6 is 0 Å². The zero-order chi connectivity index (χ0) is 50.9. The normalized spacial score (nSPS) is 16.3. The standard InChI is InChI=1S/C22H32O5.C22H34O3.C9H19N3O3/c1-2-3-9-14-19(23)15-10-6-4-5-7-11-16-20(24)21(25)17-12-8-13-18-22(26)27;1-3-5-7-14-18-21(24)22(25)19-15-11-9-8-10-13-17-20(23)16-12-6-4-2;1-6(10)8(13)12-5-3-2-4-7(11)9(14)15/h3-12,15-16,19-21,23-25H,2,13-14,17-18H2,1H3,(H,26,27);6-15,17,19-25H,3-5,16,18H2,1-2H3;6-7H,2-5,10-11H2,1H3,(H,12,13)(H,14,15)/b6-4-,7-5+,9-3-,12-8-,15-10+,16-11+;10-8-,11-9+,12-6-,14-7-,17-13+,19-15+;/t19-,20+,21-;20-,21-,22+;6-,7-/m000/s1. The molecule has 0 aliphatic carbocycles. The zero-order valence-electron chi connectivity index (χ0n) is 40.5. The Labute approximate surface area is 401 Å². The Morgan fingerprint density at radius 3 is 1.33 bits per heavy atom. The van der Waals surface area contributed by atoms with E-state index in [9.17, 15) is 55.2 Å². The Morgan fingerprint density at radius 2 is 0.940 bits per heavy atom. The molecule has 0 aromatic rings. The molecule has 0 saturated heterocycles. The van der Waals surface area contributed by atoms with Crippen LogP contribution in [-0.2, 0) is 14.4 Å². The van der Waals surface area contributed by atoms with Crippen molar-refractivity contribution < 1.29 is 66.7 Å². The van der Waals surface area contributed by atoms with E-state index in [0.29, 0.717) is 45.1 Å². The summed E-state index contributed by atoms with van der Waals surface area (Å²) in [5, 5.41) is 81.7. The molecule has 14 heteroatoms. The maximum atomic E-state index is 11.1. The van der Waals surface area contributed by atoms with Crippen molar-refractivity contribution in [1.29, 1.82) is 0 Å². The highest BCUT2D eigenvalue weighted by Gasteiger charge is 2.12. The molecular weight excluding hydrogens is 855 g/mol. The predicted molar refractivity (Wildman–Crippen MR) is 265 cm³/mol. The number of amides is 1. The van der Waals surface area contributed by atoms with Crippen LogP contribution in [0.4, 0.5) is 0 Å². The van der Waals surface area contributed by atoms with Crippen LogP contribution in [0.2, 0.25) is 0 Å². The van der Waals surface area contributed by atoms with E-state index in [1.165, 1.54) is 6.08 Å². The van der Waals surface area contributed by atoms with Gasteiger partial charge < -0.3 is 67.2 Å². The van der Waals surface area contributed by atoms with E-state index in [0.717, 1.165) is 32.1 Å². The number of quaternary nitrogens is 2. The van der Waals surface area contributed by atoms with Crippen molar-refractivity contribution in [3.63, 3.8) is 0 Å². The van der Waals surface area contributed by atoms with Gasteiger partial charge in [-0.2, -0.15) is 0 Å². The van der Waals surface area contributed by atoms with Crippen molar-refractivity contribution in [2.45, 2.75) is 160 Å². The van der Waals surface area contributed by atoms with Gasteiger partial charge in [0.05, 0.1) is 42.6 Å². The second-order valence-electron chi connectivity index (χ2n) is 15.4. The second-order valence-corrected chi connectivity index (χ2v) is 15.4. The fourth-order valence-electron chi connectivity index (χ4n) is 4.85. The van der Waals surface area contributed by atoms with Crippen LogP contribution in [0.25, 0.3) is 0 Å². The highest BCUT2D eigenvalue weighted by Crippen LogP contribution is 2.05. The van der Waals surface area contributed by atoms with Gasteiger partial charge in [-0.25, -0.2) is 0 Å². The molecule has 0 heterocycles. The number of rotatable bonds is 34. The molecule has 0 fully saturated rings. The van der Waals surface area contributed by atoms with Crippen molar-refractivity contribution >= 4 is 17.8 Å². The van der Waals surface area contributed by atoms with E-state index < -0.39 is 54.6 Å². The van der Waals surface area contributed by atoms with Gasteiger partial charge in [-0.1, -0.05) is 173 Å². The Hall–Kier alpha value is -5.03. The molecule has 0 saturated carbocycles. The van der Waals surface area contributed by atoms with Crippen molar-refractivity contribution in [1.82, 2.24) is 5.32 Å². The van der Waals surface area contributed by atoms with Gasteiger partial charge in [0.25, 0.3) is 5.91 Å². The number of carboxylic acid groups (broad SMARTS) is 2. The first-order valence-corrected chi connectivity index (χ1v) is 23.4. The zero-order valence-corrected chi connectivity index (χ0v) is 40.5. The molecule has 13 N–H and O–H groups in total. The lowest BCUT2D eigenvalue weighted by Crippen LogP contribution is -2.68. The van der Waals surface area contributed by atoms with Crippen molar-refractivity contribution in [2.75, 3.05) is 6.54 Å². The quantitative estimate of drug-likeness (QED) is 0.0257. The molecular formula is C53H85N3O11. The third-order valence-corrected chi connectivity index (χ3v) is 8.86. The number of aliphatic hydroxyl groups is 6. The smallest absolute Gasteiger partial charge is 0.277 e. The third kappa shape index (κ3) is 50.2. The molecule has 0 unspecified atom stereocenters. The summed E-state index contributed by atoms with van der Waals surface area (Å²) in [7, 11) is 0. The molecule has 14 nitrogen and oxygen atoms in total. The van der Waals surface area contributed by atoms with E-state index in [1.807, 2.05) is 61.6 Å². The van der Waals surface area contributed by atoms with Crippen LogP contribution in [0.15, 0.2) is 146 Å². The number of carboxylic acids is 2. The number of hydrogen-bond acceptors (Lipinski definition) is 11. The average molecular weight is 940 g/mol. The molecule has 0 aromatic carbocycles. The van der Waals surface area contributed by atoms with Gasteiger partial charge in [0.15, 0.2) is 6.04 Å². The van der Waals surface area contributed by atoms with E-state index in [-0.39, 0.29) is 24.8 Å². The van der Waals surface area contributed by atoms with Gasteiger partial charge in [0.1, 0.15) is 6.04 Å². The molecule has 378 valence electrons. The minimum absolute atomic E-state index is 0.0581. The van der Waals surface area contributed by atoms with Crippen LogP contribution < -0.4 is 27.0 Å². The van der Waals surface area contributed by atoms with Crippen LogP contribution in [0.3, 0.4) is 0 Å². The molecule has 0 radical (unpaired) electrons. The number of nitrogens with one attached hydrogen (secondary N) is 1. The molecule has 67 heavy (non-hydrogen) atoms. The highest BCUT2D eigenvalue weighted by atomic mass is 16.4. The number of unbranched alkanes of at least 4 members (excludes halogenated alkanes) is 2. The Bertz CT molecular complexity index is 1610. The van der Waals surface area contributed by atoms with Crippen molar-refractivity contribution in [2.24, 2.45) is 0 Å². The van der Waals surface area contributed by atoms with Crippen LogP contribution in [-0.4, -0.2) is 104 Å². The first-order chi connectivity index (χ1) is 32.0. The monoisotopic (exact) mass is 940 g/mol. The van der Waals surface area contributed by atoms with Gasteiger partial charge in [-0.05, 0) is 77.6 Å². The number of carbonyl (C=O) groups excluding carboxylic acids is 3. The number of allylic oxidation sites excluding steroid dienone is 16. The Morgan fingerprint density at radius 1 is 0.537 bits per heavy atom. The van der Waals surface area contributed by atoms with Gasteiger partial charge in [0.2, 0.25) is 0 Å². The first-order valence-electron chi connectivity index (χ1n) is 23.4. The van der Waals surface area contributed by atoms with Gasteiger partial charge in [-0.3, -0.25) is 4.79 Å². The minimum atomic E-state index is -1.12. The number of aliphatic carboxylic acids is 2. The Kier molecular flexibility index (Phi) is 48.3. The van der Waals surface area contributed by atoms with Gasteiger partial charge in [0, 0.05) is 18.9 Å². The molecule has 0 rings (SSSR count). The Balaban J connectivity index is -0.000000954. The largest absolute Gasteiger partial charge is 0.550 e. The first kappa shape index (κ1) is 66.2. The number of carbonyl (C=O) groups is 3. The van der Waals surface area contributed by atoms with E-state index in [4.69, 9.17) is 0 Å². The van der Waals surface area contributed by atoms with Crippen LogP contribution in [0, 0.1) is 0 Å². The van der Waals surface area contributed by atoms with Crippen molar-refractivity contribution in [3.8, 4) is 0 Å². The predicted octanol–water partition coefficient (Wildman–Crippen LogP) is 2.79. The maximum absolute atomic E-state index is 11.1. The van der Waals surface area contributed by atoms with E-state index in [2.05, 4.69) is 30.6 Å². The molecule has 1 amide bonds. The molecule has 0 bridgehead atoms. The van der Waals surface area contributed by atoms with Crippen molar-refractivity contribution in [3.05, 3.63) is 146 Å². The lowest BCUT2D eigenvalue weighted by molar-refractivity contribution is -0.438. The molecule has 0 aliphatic rings.